The summed E-state index contributed by atoms with van der Waals surface area (Å²) in [6.45, 7) is 10.5. The molecule has 0 aliphatic carbocycles. The van der Waals surface area contributed by atoms with Crippen LogP contribution in [0.3, 0.4) is 0 Å². The van der Waals surface area contributed by atoms with E-state index in [0.717, 1.165) is 34.4 Å². The molecule has 0 spiro atoms. The van der Waals surface area contributed by atoms with Crippen molar-refractivity contribution in [2.75, 3.05) is 4.90 Å². The van der Waals surface area contributed by atoms with E-state index in [4.69, 9.17) is 4.74 Å². The zero-order valence-electron chi connectivity index (χ0n) is 22.0. The molecule has 2 heterocycles. The fraction of sp³-hybridized carbons (Fsp3) is 0.312. The van der Waals surface area contributed by atoms with E-state index < -0.39 is 17.7 Å². The SMILES string of the molecule is CC1Cc2cc(/C(O)=C3/C(=O)C(=O)N(c4ccc(C(C)C)cc4)C3c3ccc(C(C)C)cc3)ccc2O1. The molecular weight excluding hydrogens is 462 g/mol. The Hall–Kier alpha value is -3.86. The maximum atomic E-state index is 13.5. The first-order chi connectivity index (χ1) is 17.7. The molecule has 0 radical (unpaired) electrons. The second kappa shape index (κ2) is 9.55. The number of carbonyl (C=O) groups is 2. The highest BCUT2D eigenvalue weighted by Gasteiger charge is 2.47. The number of fused-ring (bicyclic) bond motifs is 1. The first-order valence-electron chi connectivity index (χ1n) is 13.0. The number of amides is 1. The third kappa shape index (κ3) is 4.43. The van der Waals surface area contributed by atoms with Crippen molar-refractivity contribution in [2.45, 2.75) is 65.0 Å². The van der Waals surface area contributed by atoms with Crippen LogP contribution in [0.5, 0.6) is 5.75 Å². The first-order valence-corrected chi connectivity index (χ1v) is 13.0. The standard InChI is InChI=1S/C32H33NO4/c1-18(2)21-6-8-23(9-7-21)29-28(30(34)24-12-15-27-25(17-24)16-20(5)37-27)31(35)32(36)33(29)26-13-10-22(11-14-26)19(3)4/h6-15,17-20,29,34H,16H2,1-5H3/b30-28-. The van der Waals surface area contributed by atoms with Gasteiger partial charge in [-0.2, -0.15) is 0 Å². The Morgan fingerprint density at radius 3 is 2.08 bits per heavy atom. The fourth-order valence-corrected chi connectivity index (χ4v) is 5.22. The van der Waals surface area contributed by atoms with Gasteiger partial charge in [0.05, 0.1) is 11.6 Å². The molecule has 1 N–H and O–H groups in total. The van der Waals surface area contributed by atoms with Crippen LogP contribution in [0.15, 0.2) is 72.3 Å². The number of benzene rings is 3. The molecule has 190 valence electrons. The van der Waals surface area contributed by atoms with Crippen LogP contribution < -0.4 is 9.64 Å². The number of anilines is 1. The van der Waals surface area contributed by atoms with Crippen molar-refractivity contribution in [1.29, 1.82) is 0 Å². The number of ketones is 1. The van der Waals surface area contributed by atoms with Crippen molar-refractivity contribution >= 4 is 23.1 Å². The van der Waals surface area contributed by atoms with Crippen LogP contribution >= 0.6 is 0 Å². The van der Waals surface area contributed by atoms with Crippen molar-refractivity contribution in [3.63, 3.8) is 0 Å². The van der Waals surface area contributed by atoms with Crippen molar-refractivity contribution in [3.8, 4) is 5.75 Å². The van der Waals surface area contributed by atoms with Gasteiger partial charge in [-0.1, -0.05) is 64.1 Å². The molecule has 2 atom stereocenters. The van der Waals surface area contributed by atoms with Gasteiger partial charge in [-0.3, -0.25) is 14.5 Å². The Kier molecular flexibility index (Phi) is 6.40. The van der Waals surface area contributed by atoms with Gasteiger partial charge < -0.3 is 9.84 Å². The third-order valence-electron chi connectivity index (χ3n) is 7.37. The van der Waals surface area contributed by atoms with E-state index in [9.17, 15) is 14.7 Å². The van der Waals surface area contributed by atoms with Gasteiger partial charge >= 0.3 is 0 Å². The molecule has 5 heteroatoms. The number of rotatable bonds is 5. The highest BCUT2D eigenvalue weighted by molar-refractivity contribution is 6.51. The highest BCUT2D eigenvalue weighted by Crippen LogP contribution is 2.43. The molecule has 2 aliphatic rings. The predicted octanol–water partition coefficient (Wildman–Crippen LogP) is 6.88. The van der Waals surface area contributed by atoms with E-state index in [0.29, 0.717) is 23.1 Å². The zero-order chi connectivity index (χ0) is 26.4. The number of aliphatic hydroxyl groups is 1. The summed E-state index contributed by atoms with van der Waals surface area (Å²) in [7, 11) is 0. The summed E-state index contributed by atoms with van der Waals surface area (Å²) in [5, 5.41) is 11.5. The minimum atomic E-state index is -0.741. The van der Waals surface area contributed by atoms with Crippen molar-refractivity contribution in [2.24, 2.45) is 0 Å². The molecule has 1 saturated heterocycles. The van der Waals surface area contributed by atoms with E-state index in [-0.39, 0.29) is 17.4 Å². The van der Waals surface area contributed by atoms with Gasteiger partial charge in [0.2, 0.25) is 0 Å². The average molecular weight is 496 g/mol. The minimum absolute atomic E-state index is 0.0614. The molecule has 5 rings (SSSR count). The van der Waals surface area contributed by atoms with Crippen LogP contribution in [0.1, 0.15) is 80.3 Å². The average Bonchev–Trinajstić information content (AvgIpc) is 3.39. The number of ether oxygens (including phenoxy) is 1. The molecule has 0 aromatic heterocycles. The number of nitrogens with zero attached hydrogens (tertiary/aromatic N) is 1. The number of aliphatic hydroxyl groups excluding tert-OH is 1. The summed E-state index contributed by atoms with van der Waals surface area (Å²) in [5.74, 6) is -0.0192. The van der Waals surface area contributed by atoms with Crippen LogP contribution in [0, 0.1) is 0 Å². The number of Topliss-reactive ketones (excluding diaryl/α,β-unsaturated/α-hetero) is 1. The molecule has 37 heavy (non-hydrogen) atoms. The minimum Gasteiger partial charge on any atom is -0.507 e. The number of hydrogen-bond acceptors (Lipinski definition) is 4. The van der Waals surface area contributed by atoms with Gasteiger partial charge in [-0.25, -0.2) is 0 Å². The molecule has 0 bridgehead atoms. The molecule has 3 aromatic carbocycles. The van der Waals surface area contributed by atoms with Crippen molar-refractivity contribution in [3.05, 3.63) is 100 Å². The molecule has 0 saturated carbocycles. The lowest BCUT2D eigenvalue weighted by atomic mass is 9.92. The molecule has 2 aliphatic heterocycles. The normalized spacial score (nSPS) is 20.6. The molecule has 1 amide bonds. The predicted molar refractivity (Wildman–Crippen MR) is 146 cm³/mol. The molecular formula is C32H33NO4. The Labute approximate surface area is 218 Å². The number of carbonyl (C=O) groups excluding carboxylic acids is 2. The van der Waals surface area contributed by atoms with Gasteiger partial charge in [0.15, 0.2) is 0 Å². The number of hydrogen-bond donors (Lipinski definition) is 1. The van der Waals surface area contributed by atoms with Gasteiger partial charge in [0.25, 0.3) is 11.7 Å². The Morgan fingerprint density at radius 1 is 0.892 bits per heavy atom. The van der Waals surface area contributed by atoms with Crippen LogP contribution in [-0.2, 0) is 16.0 Å². The maximum Gasteiger partial charge on any atom is 0.300 e. The topological polar surface area (TPSA) is 66.8 Å². The third-order valence-corrected chi connectivity index (χ3v) is 7.37. The molecule has 2 unspecified atom stereocenters. The van der Waals surface area contributed by atoms with Gasteiger partial charge in [-0.05, 0) is 71.3 Å². The monoisotopic (exact) mass is 495 g/mol. The zero-order valence-corrected chi connectivity index (χ0v) is 22.0. The lowest BCUT2D eigenvalue weighted by molar-refractivity contribution is -0.132. The van der Waals surface area contributed by atoms with E-state index in [1.54, 1.807) is 6.07 Å². The van der Waals surface area contributed by atoms with E-state index >= 15 is 0 Å². The molecule has 1 fully saturated rings. The van der Waals surface area contributed by atoms with Crippen LogP contribution in [0.4, 0.5) is 5.69 Å². The smallest absolute Gasteiger partial charge is 0.300 e. The Balaban J connectivity index is 1.66. The summed E-state index contributed by atoms with van der Waals surface area (Å²) in [5.41, 5.74) is 5.29. The van der Waals surface area contributed by atoms with Crippen LogP contribution in [-0.4, -0.2) is 22.9 Å². The van der Waals surface area contributed by atoms with E-state index in [1.807, 2.05) is 67.6 Å². The first kappa shape index (κ1) is 24.8. The second-order valence-corrected chi connectivity index (χ2v) is 10.7. The second-order valence-electron chi connectivity index (χ2n) is 10.7. The van der Waals surface area contributed by atoms with Gasteiger partial charge in [0.1, 0.15) is 17.6 Å². The van der Waals surface area contributed by atoms with Gasteiger partial charge in [-0.15, -0.1) is 0 Å². The summed E-state index contributed by atoms with van der Waals surface area (Å²) in [4.78, 5) is 28.5. The Morgan fingerprint density at radius 2 is 1.49 bits per heavy atom. The lowest BCUT2D eigenvalue weighted by Crippen LogP contribution is -2.29. The van der Waals surface area contributed by atoms with Gasteiger partial charge in [0, 0.05) is 17.7 Å². The highest BCUT2D eigenvalue weighted by atomic mass is 16.5. The largest absolute Gasteiger partial charge is 0.507 e. The van der Waals surface area contributed by atoms with Crippen molar-refractivity contribution < 1.29 is 19.4 Å². The van der Waals surface area contributed by atoms with Crippen molar-refractivity contribution in [1.82, 2.24) is 0 Å². The quantitative estimate of drug-likeness (QED) is 0.238. The van der Waals surface area contributed by atoms with E-state index in [2.05, 4.69) is 27.7 Å². The summed E-state index contributed by atoms with van der Waals surface area (Å²) in [6.07, 6.45) is 0.791. The van der Waals surface area contributed by atoms with Crippen LogP contribution in [0.25, 0.3) is 5.76 Å². The maximum absolute atomic E-state index is 13.5. The lowest BCUT2D eigenvalue weighted by Gasteiger charge is -2.26. The molecule has 3 aromatic rings. The summed E-state index contributed by atoms with van der Waals surface area (Å²) >= 11 is 0. The summed E-state index contributed by atoms with van der Waals surface area (Å²) in [6, 6.07) is 20.4. The molecule has 5 nitrogen and oxygen atoms in total. The van der Waals surface area contributed by atoms with Crippen LogP contribution in [0.2, 0.25) is 0 Å². The van der Waals surface area contributed by atoms with E-state index in [1.165, 1.54) is 4.90 Å². The summed E-state index contributed by atoms with van der Waals surface area (Å²) < 4.78 is 5.80. The fourth-order valence-electron chi connectivity index (χ4n) is 5.22. The Bertz CT molecular complexity index is 1380.